The molecule has 39 heavy (non-hydrogen) atoms. The summed E-state index contributed by atoms with van der Waals surface area (Å²) in [5, 5.41) is 20.6. The molecule has 2 aliphatic rings. The lowest BCUT2D eigenvalue weighted by Crippen LogP contribution is -2.29. The monoisotopic (exact) mass is 549 g/mol. The second-order valence-electron chi connectivity index (χ2n) is 10.2. The van der Waals surface area contributed by atoms with Gasteiger partial charge in [-0.25, -0.2) is 0 Å². The second-order valence-corrected chi connectivity index (χ2v) is 11.3. The van der Waals surface area contributed by atoms with Crippen LogP contribution >= 0.6 is 11.3 Å². The quantitative estimate of drug-likeness (QED) is 0.231. The van der Waals surface area contributed by atoms with Crippen LogP contribution in [-0.4, -0.2) is 46.8 Å². The number of Topliss-reactive ketones (excluding diaryl/α,β-unsaturated/α-hetero) is 1. The van der Waals surface area contributed by atoms with E-state index in [0.29, 0.717) is 46.6 Å². The number of rotatable bonds is 8. The summed E-state index contributed by atoms with van der Waals surface area (Å²) >= 11 is 1.20. The number of ether oxygens (including phenoxy) is 3. The van der Waals surface area contributed by atoms with Crippen molar-refractivity contribution >= 4 is 33.9 Å². The minimum absolute atomic E-state index is 0.0253. The van der Waals surface area contributed by atoms with Gasteiger partial charge in [-0.15, -0.1) is 10.2 Å². The van der Waals surface area contributed by atoms with Crippen LogP contribution in [0.3, 0.4) is 0 Å². The van der Waals surface area contributed by atoms with E-state index in [9.17, 15) is 14.7 Å². The number of nitrogens with zero attached hydrogens (tertiary/aromatic N) is 3. The molecule has 2 unspecified atom stereocenters. The highest BCUT2D eigenvalue weighted by atomic mass is 32.1. The lowest BCUT2D eigenvalue weighted by Gasteiger charge is -2.23. The average Bonchev–Trinajstić information content (AvgIpc) is 3.57. The highest BCUT2D eigenvalue weighted by Crippen LogP contribution is 2.45. The maximum absolute atomic E-state index is 13.5. The first kappa shape index (κ1) is 26.7. The molecular weight excluding hydrogens is 518 g/mol. The molecule has 0 aliphatic carbocycles. The van der Waals surface area contributed by atoms with E-state index in [-0.39, 0.29) is 22.6 Å². The Morgan fingerprint density at radius 2 is 1.97 bits per heavy atom. The van der Waals surface area contributed by atoms with Gasteiger partial charge in [0.25, 0.3) is 5.78 Å². The molecule has 0 bridgehead atoms. The van der Waals surface area contributed by atoms with Crippen molar-refractivity contribution in [3.8, 4) is 17.2 Å². The molecule has 1 aromatic heterocycles. The smallest absolute Gasteiger partial charge is 0.301 e. The van der Waals surface area contributed by atoms with Crippen LogP contribution in [0.2, 0.25) is 0 Å². The average molecular weight is 550 g/mol. The van der Waals surface area contributed by atoms with Gasteiger partial charge in [0.2, 0.25) is 5.13 Å². The molecule has 1 fully saturated rings. The van der Waals surface area contributed by atoms with Crippen molar-refractivity contribution in [1.82, 2.24) is 10.2 Å². The first-order valence-electron chi connectivity index (χ1n) is 12.9. The number of amides is 1. The Kier molecular flexibility index (Phi) is 7.31. The molecule has 2 aromatic carbocycles. The number of methoxy groups -OCH3 is 1. The number of hydrogen-bond acceptors (Lipinski definition) is 9. The summed E-state index contributed by atoms with van der Waals surface area (Å²) in [6.07, 6.45) is 1.59. The Labute approximate surface area is 231 Å². The zero-order valence-electron chi connectivity index (χ0n) is 22.6. The molecule has 204 valence electrons. The minimum Gasteiger partial charge on any atom is -0.507 e. The number of carbonyl (C=O) groups is 2. The van der Waals surface area contributed by atoms with Gasteiger partial charge in [-0.2, -0.15) is 0 Å². The summed E-state index contributed by atoms with van der Waals surface area (Å²) in [6, 6.07) is 9.59. The maximum Gasteiger partial charge on any atom is 0.301 e. The summed E-state index contributed by atoms with van der Waals surface area (Å²) in [7, 11) is 1.53. The number of aryl methyl sites for hydroxylation is 1. The van der Waals surface area contributed by atoms with Gasteiger partial charge in [0.1, 0.15) is 22.6 Å². The van der Waals surface area contributed by atoms with Gasteiger partial charge in [-0.05, 0) is 67.6 Å². The Morgan fingerprint density at radius 1 is 1.18 bits per heavy atom. The number of hydrogen-bond donors (Lipinski definition) is 1. The number of aliphatic hydroxyl groups is 1. The van der Waals surface area contributed by atoms with Gasteiger partial charge in [0.05, 0.1) is 25.3 Å². The Hall–Kier alpha value is -3.92. The molecule has 3 aromatic rings. The lowest BCUT2D eigenvalue weighted by atomic mass is 9.94. The van der Waals surface area contributed by atoms with E-state index >= 15 is 0 Å². The fraction of sp³-hybridized carbons (Fsp3) is 0.379. The maximum atomic E-state index is 13.5. The number of ketones is 1. The zero-order chi connectivity index (χ0) is 27.8. The highest BCUT2D eigenvalue weighted by Gasteiger charge is 2.48. The number of fused-ring (bicyclic) bond motifs is 1. The van der Waals surface area contributed by atoms with Crippen molar-refractivity contribution in [2.75, 3.05) is 18.6 Å². The Morgan fingerprint density at radius 3 is 2.67 bits per heavy atom. The fourth-order valence-corrected chi connectivity index (χ4v) is 5.55. The molecule has 1 saturated heterocycles. The molecule has 0 saturated carbocycles. The molecule has 0 radical (unpaired) electrons. The Bertz CT molecular complexity index is 1460. The van der Waals surface area contributed by atoms with Crippen molar-refractivity contribution in [2.24, 2.45) is 5.92 Å². The van der Waals surface area contributed by atoms with Crippen molar-refractivity contribution < 1.29 is 28.9 Å². The molecule has 3 heterocycles. The third kappa shape index (κ3) is 5.08. The van der Waals surface area contributed by atoms with Crippen LogP contribution in [0.25, 0.3) is 5.76 Å². The van der Waals surface area contributed by atoms with Crippen LogP contribution in [0.15, 0.2) is 42.0 Å². The summed E-state index contributed by atoms with van der Waals surface area (Å²) < 4.78 is 17.3. The lowest BCUT2D eigenvalue weighted by molar-refractivity contribution is -0.132. The van der Waals surface area contributed by atoms with Crippen molar-refractivity contribution in [1.29, 1.82) is 0 Å². The highest BCUT2D eigenvalue weighted by molar-refractivity contribution is 7.15. The van der Waals surface area contributed by atoms with E-state index in [1.54, 1.807) is 43.3 Å². The van der Waals surface area contributed by atoms with E-state index in [1.165, 1.54) is 23.3 Å². The van der Waals surface area contributed by atoms with Crippen LogP contribution in [0.5, 0.6) is 17.2 Å². The van der Waals surface area contributed by atoms with E-state index in [2.05, 4.69) is 24.0 Å². The Balaban J connectivity index is 1.62. The van der Waals surface area contributed by atoms with Gasteiger partial charge < -0.3 is 19.3 Å². The van der Waals surface area contributed by atoms with E-state index in [4.69, 9.17) is 14.2 Å². The van der Waals surface area contributed by atoms with Gasteiger partial charge in [0.15, 0.2) is 11.5 Å². The molecule has 2 aliphatic heterocycles. The number of benzene rings is 2. The van der Waals surface area contributed by atoms with E-state index in [0.717, 1.165) is 17.7 Å². The van der Waals surface area contributed by atoms with E-state index < -0.39 is 17.7 Å². The van der Waals surface area contributed by atoms with Crippen molar-refractivity contribution in [3.05, 3.63) is 63.7 Å². The first-order valence-corrected chi connectivity index (χ1v) is 13.7. The molecule has 5 rings (SSSR count). The third-order valence-electron chi connectivity index (χ3n) is 6.79. The summed E-state index contributed by atoms with van der Waals surface area (Å²) in [5.41, 5.74) is 1.90. The van der Waals surface area contributed by atoms with E-state index in [1.807, 2.05) is 6.92 Å². The SMILES string of the molecule is COc1cc(C2/C(=C(/O)c3ccc4c(c3)CC(C)O4)C(=O)C(=O)N2c2nnc(C)s2)ccc1OCCC(C)C. The minimum atomic E-state index is -0.945. The van der Waals surface area contributed by atoms with Crippen LogP contribution < -0.4 is 19.1 Å². The molecular formula is C29H31N3O6S. The van der Waals surface area contributed by atoms with Gasteiger partial charge in [-0.3, -0.25) is 14.5 Å². The van der Waals surface area contributed by atoms with Crippen molar-refractivity contribution in [3.63, 3.8) is 0 Å². The molecule has 0 spiro atoms. The second kappa shape index (κ2) is 10.7. The summed E-state index contributed by atoms with van der Waals surface area (Å²) in [5.74, 6) is 0.397. The van der Waals surface area contributed by atoms with Crippen LogP contribution in [-0.2, 0) is 16.0 Å². The standard InChI is InChI=1S/C29H31N3O6S/c1-15(2)10-11-37-22-9-6-18(14-23(22)36-5)25-24(27(34)28(35)32(25)29-31-30-17(4)39-29)26(33)19-7-8-21-20(13-19)12-16(3)38-21/h6-9,13-16,25,33H,10-12H2,1-5H3/b26-24-. The largest absolute Gasteiger partial charge is 0.507 e. The van der Waals surface area contributed by atoms with Gasteiger partial charge >= 0.3 is 5.91 Å². The topological polar surface area (TPSA) is 111 Å². The summed E-state index contributed by atoms with van der Waals surface area (Å²) in [4.78, 5) is 28.2. The molecule has 2 atom stereocenters. The van der Waals surface area contributed by atoms with Crippen LogP contribution in [0.4, 0.5) is 5.13 Å². The van der Waals surface area contributed by atoms with Gasteiger partial charge in [0, 0.05) is 12.0 Å². The number of aromatic nitrogens is 2. The molecule has 9 nitrogen and oxygen atoms in total. The van der Waals surface area contributed by atoms with Crippen molar-refractivity contribution in [2.45, 2.75) is 52.7 Å². The normalized spacial score (nSPS) is 19.9. The molecule has 10 heteroatoms. The molecule has 1 N–H and O–H groups in total. The summed E-state index contributed by atoms with van der Waals surface area (Å²) in [6.45, 7) is 8.51. The number of aliphatic hydroxyl groups excluding tert-OH is 1. The number of carbonyl (C=O) groups excluding carboxylic acids is 2. The van der Waals surface area contributed by atoms with Crippen LogP contribution in [0.1, 0.15) is 54.9 Å². The zero-order valence-corrected chi connectivity index (χ0v) is 23.4. The first-order chi connectivity index (χ1) is 18.7. The van der Waals surface area contributed by atoms with Crippen LogP contribution in [0, 0.1) is 12.8 Å². The third-order valence-corrected chi connectivity index (χ3v) is 7.63. The molecule has 1 amide bonds. The predicted octanol–water partition coefficient (Wildman–Crippen LogP) is 5.23. The predicted molar refractivity (Wildman–Crippen MR) is 148 cm³/mol. The fourth-order valence-electron chi connectivity index (χ4n) is 4.83. The number of anilines is 1. The van der Waals surface area contributed by atoms with Gasteiger partial charge in [-0.1, -0.05) is 31.3 Å².